The third kappa shape index (κ3) is 7.53. The molecule has 1 amide bonds. The number of hydrogen-bond donors (Lipinski definition) is 2. The highest BCUT2D eigenvalue weighted by atomic mass is 16.6. The van der Waals surface area contributed by atoms with Gasteiger partial charge in [0.15, 0.2) is 23.2 Å². The van der Waals surface area contributed by atoms with Crippen LogP contribution in [0.4, 0.5) is 0 Å². The molecule has 4 rings (SSSR count). The summed E-state index contributed by atoms with van der Waals surface area (Å²) in [7, 11) is 1.36. The van der Waals surface area contributed by atoms with E-state index in [0.29, 0.717) is 6.61 Å². The van der Waals surface area contributed by atoms with Crippen LogP contribution in [-0.2, 0) is 37.0 Å². The molecule has 10 nitrogen and oxygen atoms in total. The third-order valence-electron chi connectivity index (χ3n) is 6.20. The molecule has 0 unspecified atom stereocenters. The van der Waals surface area contributed by atoms with Crippen molar-refractivity contribution >= 4 is 11.9 Å². The summed E-state index contributed by atoms with van der Waals surface area (Å²) in [6.45, 7) is 2.20. The Morgan fingerprint density at radius 2 is 1.64 bits per heavy atom. The Balaban J connectivity index is 1.49. The predicted octanol–water partition coefficient (Wildman–Crippen LogP) is 3.03. The summed E-state index contributed by atoms with van der Waals surface area (Å²) in [4.78, 5) is 29.9. The van der Waals surface area contributed by atoms with Crippen LogP contribution in [0.25, 0.3) is 0 Å². The molecule has 1 aromatic heterocycles. The number of benzene rings is 2. The lowest BCUT2D eigenvalue weighted by molar-refractivity contribution is -0.170. The molecule has 3 aromatic rings. The normalized spacial score (nSPS) is 21.6. The molecule has 1 fully saturated rings. The summed E-state index contributed by atoms with van der Waals surface area (Å²) in [6.07, 6.45) is -0.644. The van der Waals surface area contributed by atoms with Crippen LogP contribution in [-0.4, -0.2) is 66.6 Å². The van der Waals surface area contributed by atoms with Crippen molar-refractivity contribution in [1.29, 1.82) is 0 Å². The number of nitrogens with one attached hydrogen (secondary N) is 1. The number of methoxy groups -OCH3 is 1. The Morgan fingerprint density at radius 1 is 1.00 bits per heavy atom. The number of rotatable bonds is 9. The number of aromatic nitrogens is 1. The Bertz CT molecular complexity index is 1220. The number of carbonyl (C=O) groups excluding carboxylic acids is 2. The molecule has 2 N–H and O–H groups in total. The molecule has 1 aliphatic rings. The van der Waals surface area contributed by atoms with Gasteiger partial charge in [0, 0.05) is 12.3 Å². The zero-order chi connectivity index (χ0) is 27.6. The first-order valence-corrected chi connectivity index (χ1v) is 12.6. The highest BCUT2D eigenvalue weighted by Gasteiger charge is 2.36. The number of cyclic esters (lactones) is 1. The molecule has 0 spiro atoms. The lowest BCUT2D eigenvalue weighted by Crippen LogP contribution is -2.47. The summed E-state index contributed by atoms with van der Waals surface area (Å²) in [5.41, 5.74) is 1.64. The average molecular weight is 537 g/mol. The maximum absolute atomic E-state index is 13.1. The number of aromatic hydroxyl groups is 1. The van der Waals surface area contributed by atoms with Gasteiger partial charge in [-0.3, -0.25) is 4.79 Å². The van der Waals surface area contributed by atoms with Crippen LogP contribution < -0.4 is 10.1 Å². The van der Waals surface area contributed by atoms with Gasteiger partial charge in [0.05, 0.1) is 33.5 Å². The van der Waals surface area contributed by atoms with E-state index in [-0.39, 0.29) is 31.3 Å². The smallest absolute Gasteiger partial charge is 0.331 e. The Morgan fingerprint density at radius 3 is 2.28 bits per heavy atom. The topological polar surface area (TPSA) is 125 Å². The SMILES string of the molecule is COc1ccnc(C(=O)N[C@H]2COC[C@@H](OCc3ccccc3)[C@H](OCc3ccccc3)[C@H](C)OC2=O)c1O. The first kappa shape index (κ1) is 28.0. The van der Waals surface area contributed by atoms with Gasteiger partial charge in [-0.1, -0.05) is 60.7 Å². The van der Waals surface area contributed by atoms with E-state index >= 15 is 0 Å². The lowest BCUT2D eigenvalue weighted by Gasteiger charge is -2.30. The molecule has 2 heterocycles. The highest BCUT2D eigenvalue weighted by molar-refractivity contribution is 5.98. The van der Waals surface area contributed by atoms with Crippen LogP contribution >= 0.6 is 0 Å². The third-order valence-corrected chi connectivity index (χ3v) is 6.20. The molecule has 10 heteroatoms. The minimum absolute atomic E-state index is 0.0777. The fourth-order valence-corrected chi connectivity index (χ4v) is 4.12. The molecular formula is C29H32N2O8. The first-order valence-electron chi connectivity index (χ1n) is 12.6. The molecule has 206 valence electrons. The van der Waals surface area contributed by atoms with Crippen LogP contribution in [0, 0.1) is 0 Å². The largest absolute Gasteiger partial charge is 0.503 e. The van der Waals surface area contributed by atoms with Crippen molar-refractivity contribution in [2.24, 2.45) is 0 Å². The number of nitrogens with zero attached hydrogens (tertiary/aromatic N) is 1. The number of amides is 1. The average Bonchev–Trinajstić information content (AvgIpc) is 3.00. The fourth-order valence-electron chi connectivity index (χ4n) is 4.12. The lowest BCUT2D eigenvalue weighted by atomic mass is 10.1. The molecule has 2 aromatic carbocycles. The van der Waals surface area contributed by atoms with E-state index in [1.807, 2.05) is 60.7 Å². The zero-order valence-electron chi connectivity index (χ0n) is 21.8. The summed E-state index contributed by atoms with van der Waals surface area (Å²) in [5, 5.41) is 12.8. The van der Waals surface area contributed by atoms with Gasteiger partial charge in [-0.25, -0.2) is 9.78 Å². The van der Waals surface area contributed by atoms with Crippen LogP contribution in [0.5, 0.6) is 11.5 Å². The highest BCUT2D eigenvalue weighted by Crippen LogP contribution is 2.27. The van der Waals surface area contributed by atoms with E-state index in [4.69, 9.17) is 23.7 Å². The Labute approximate surface area is 226 Å². The summed E-state index contributed by atoms with van der Waals surface area (Å²) in [5.74, 6) is -1.85. The van der Waals surface area contributed by atoms with Crippen molar-refractivity contribution in [3.63, 3.8) is 0 Å². The van der Waals surface area contributed by atoms with E-state index in [1.54, 1.807) is 6.92 Å². The van der Waals surface area contributed by atoms with Crippen LogP contribution in [0.1, 0.15) is 28.5 Å². The van der Waals surface area contributed by atoms with E-state index in [0.717, 1.165) is 11.1 Å². The minimum atomic E-state index is -1.16. The van der Waals surface area contributed by atoms with Crippen molar-refractivity contribution in [2.45, 2.75) is 44.5 Å². The number of ether oxygens (including phenoxy) is 5. The zero-order valence-corrected chi connectivity index (χ0v) is 21.8. The standard InChI is InChI=1S/C29H32N2O8/c1-19-27(38-16-21-11-7-4-8-12-21)24(37-15-20-9-5-3-6-10-20)18-36-17-22(29(34)39-19)31-28(33)25-26(32)23(35-2)13-14-30-25/h3-14,19,22,24,27,32H,15-18H2,1-2H3,(H,31,33)/t19-,22-,24+,27+/m0/s1. The van der Waals surface area contributed by atoms with Gasteiger partial charge in [0.2, 0.25) is 0 Å². The predicted molar refractivity (Wildman–Crippen MR) is 140 cm³/mol. The van der Waals surface area contributed by atoms with Gasteiger partial charge in [0.1, 0.15) is 18.3 Å². The van der Waals surface area contributed by atoms with Crippen molar-refractivity contribution in [3.05, 3.63) is 89.7 Å². The van der Waals surface area contributed by atoms with Crippen molar-refractivity contribution < 1.29 is 38.4 Å². The van der Waals surface area contributed by atoms with E-state index in [9.17, 15) is 14.7 Å². The quantitative estimate of drug-likeness (QED) is 0.397. The molecule has 0 bridgehead atoms. The van der Waals surface area contributed by atoms with E-state index in [2.05, 4.69) is 10.3 Å². The second kappa shape index (κ2) is 13.7. The number of carbonyl (C=O) groups is 2. The van der Waals surface area contributed by atoms with Gasteiger partial charge in [-0.15, -0.1) is 0 Å². The van der Waals surface area contributed by atoms with Crippen LogP contribution in [0.3, 0.4) is 0 Å². The minimum Gasteiger partial charge on any atom is -0.503 e. The van der Waals surface area contributed by atoms with Crippen molar-refractivity contribution in [1.82, 2.24) is 10.3 Å². The maximum atomic E-state index is 13.1. The number of esters is 1. The van der Waals surface area contributed by atoms with Gasteiger partial charge in [-0.2, -0.15) is 0 Å². The van der Waals surface area contributed by atoms with Crippen molar-refractivity contribution in [3.8, 4) is 11.5 Å². The van der Waals surface area contributed by atoms with Gasteiger partial charge in [0.25, 0.3) is 5.91 Å². The fraction of sp³-hybridized carbons (Fsp3) is 0.345. The Hall–Kier alpha value is -3.99. The molecule has 39 heavy (non-hydrogen) atoms. The maximum Gasteiger partial charge on any atom is 0.331 e. The molecule has 0 aliphatic carbocycles. The monoisotopic (exact) mass is 536 g/mol. The molecule has 4 atom stereocenters. The second-order valence-electron chi connectivity index (χ2n) is 9.01. The Kier molecular flexibility index (Phi) is 9.85. The van der Waals surface area contributed by atoms with E-state index < -0.39 is 42.0 Å². The van der Waals surface area contributed by atoms with Gasteiger partial charge < -0.3 is 34.1 Å². The molecule has 0 radical (unpaired) electrons. The molecule has 1 aliphatic heterocycles. The summed E-state index contributed by atoms with van der Waals surface area (Å²) >= 11 is 0. The molecular weight excluding hydrogens is 504 g/mol. The molecule has 1 saturated heterocycles. The second-order valence-corrected chi connectivity index (χ2v) is 9.01. The van der Waals surface area contributed by atoms with Crippen molar-refractivity contribution in [2.75, 3.05) is 20.3 Å². The van der Waals surface area contributed by atoms with Gasteiger partial charge >= 0.3 is 5.97 Å². The van der Waals surface area contributed by atoms with Gasteiger partial charge in [-0.05, 0) is 18.1 Å². The van der Waals surface area contributed by atoms with Crippen LogP contribution in [0.15, 0.2) is 72.9 Å². The first-order chi connectivity index (χ1) is 19.0. The number of hydrogen-bond acceptors (Lipinski definition) is 9. The van der Waals surface area contributed by atoms with Crippen LogP contribution in [0.2, 0.25) is 0 Å². The number of pyridine rings is 1. The molecule has 0 saturated carbocycles. The summed E-state index contributed by atoms with van der Waals surface area (Å²) in [6, 6.07) is 19.6. The van der Waals surface area contributed by atoms with E-state index in [1.165, 1.54) is 19.4 Å². The summed E-state index contributed by atoms with van der Waals surface area (Å²) < 4.78 is 29.0.